The molecule has 1 saturated heterocycles. The topological polar surface area (TPSA) is 12.5 Å². The van der Waals surface area contributed by atoms with E-state index in [0.717, 1.165) is 25.2 Å². The summed E-state index contributed by atoms with van der Waals surface area (Å²) in [6.07, 6.45) is 0. The second kappa shape index (κ2) is 5.76. The monoisotopic (exact) mass is 255 g/mol. The van der Waals surface area contributed by atoms with E-state index in [4.69, 9.17) is 4.74 Å². The van der Waals surface area contributed by atoms with Crippen molar-refractivity contribution in [3.05, 3.63) is 35.4 Å². The molecule has 1 fully saturated rings. The van der Waals surface area contributed by atoms with E-state index in [1.54, 1.807) is 13.2 Å². The van der Waals surface area contributed by atoms with E-state index in [2.05, 4.69) is 11.8 Å². The van der Waals surface area contributed by atoms with Crippen LogP contribution >= 0.6 is 0 Å². The normalized spacial score (nSPS) is 24.7. The third-order valence-corrected chi connectivity index (χ3v) is 3.67. The number of nitrogens with zero attached hydrogens (tertiary/aromatic N) is 1. The van der Waals surface area contributed by atoms with Gasteiger partial charge in [0, 0.05) is 32.7 Å². The van der Waals surface area contributed by atoms with Gasteiger partial charge in [-0.3, -0.25) is 0 Å². The van der Waals surface area contributed by atoms with Gasteiger partial charge in [0.1, 0.15) is 0 Å². The molecule has 0 bridgehead atoms. The van der Waals surface area contributed by atoms with Gasteiger partial charge in [-0.1, -0.05) is 13.0 Å². The lowest BCUT2D eigenvalue weighted by Crippen LogP contribution is -2.24. The molecular formula is C14H19F2NO. The maximum atomic E-state index is 13.3. The molecule has 1 aromatic carbocycles. The summed E-state index contributed by atoms with van der Waals surface area (Å²) < 4.78 is 31.2. The lowest BCUT2D eigenvalue weighted by atomic mass is 9.90. The molecular weight excluding hydrogens is 236 g/mol. The summed E-state index contributed by atoms with van der Waals surface area (Å²) in [6, 6.07) is 4.24. The van der Waals surface area contributed by atoms with Gasteiger partial charge in [-0.05, 0) is 23.6 Å². The zero-order chi connectivity index (χ0) is 13.1. The third-order valence-electron chi connectivity index (χ3n) is 3.67. The van der Waals surface area contributed by atoms with Crippen molar-refractivity contribution in [2.75, 3.05) is 33.4 Å². The van der Waals surface area contributed by atoms with Crippen LogP contribution in [-0.2, 0) is 4.74 Å². The zero-order valence-electron chi connectivity index (χ0n) is 10.8. The van der Waals surface area contributed by atoms with Crippen LogP contribution in [0.2, 0.25) is 0 Å². The molecule has 0 N–H and O–H groups in total. The Morgan fingerprint density at radius 3 is 2.72 bits per heavy atom. The zero-order valence-corrected chi connectivity index (χ0v) is 10.8. The molecule has 0 aliphatic carbocycles. The molecule has 0 spiro atoms. The number of likely N-dealkylation sites (tertiary alicyclic amines) is 1. The second-order valence-corrected chi connectivity index (χ2v) is 5.01. The van der Waals surface area contributed by atoms with Crippen molar-refractivity contribution in [2.24, 2.45) is 5.92 Å². The minimum Gasteiger partial charge on any atom is -0.383 e. The van der Waals surface area contributed by atoms with Gasteiger partial charge in [-0.2, -0.15) is 0 Å². The molecule has 4 heteroatoms. The van der Waals surface area contributed by atoms with Crippen LogP contribution in [0.5, 0.6) is 0 Å². The number of hydrogen-bond acceptors (Lipinski definition) is 2. The number of ether oxygens (including phenoxy) is 1. The quantitative estimate of drug-likeness (QED) is 0.820. The van der Waals surface area contributed by atoms with Crippen LogP contribution in [0.25, 0.3) is 0 Å². The molecule has 2 unspecified atom stereocenters. The number of methoxy groups -OCH3 is 1. The summed E-state index contributed by atoms with van der Waals surface area (Å²) in [7, 11) is 1.69. The number of hydrogen-bond donors (Lipinski definition) is 0. The SMILES string of the molecule is COCCN1CC(C)C(c2ccc(F)c(F)c2)C1. The molecule has 2 atom stereocenters. The summed E-state index contributed by atoms with van der Waals surface area (Å²) in [5, 5.41) is 0. The van der Waals surface area contributed by atoms with Gasteiger partial charge in [0.05, 0.1) is 6.61 Å². The first-order chi connectivity index (χ1) is 8.61. The first-order valence-corrected chi connectivity index (χ1v) is 6.28. The van der Waals surface area contributed by atoms with Gasteiger partial charge < -0.3 is 9.64 Å². The molecule has 18 heavy (non-hydrogen) atoms. The standard InChI is InChI=1S/C14H19F2NO/c1-10-8-17(5-6-18-2)9-12(10)11-3-4-13(15)14(16)7-11/h3-4,7,10,12H,5-6,8-9H2,1-2H3. The highest BCUT2D eigenvalue weighted by Crippen LogP contribution is 2.32. The molecule has 2 nitrogen and oxygen atoms in total. The highest BCUT2D eigenvalue weighted by atomic mass is 19.2. The van der Waals surface area contributed by atoms with E-state index in [1.807, 2.05) is 0 Å². The first kappa shape index (κ1) is 13.4. The van der Waals surface area contributed by atoms with Crippen LogP contribution in [0.3, 0.4) is 0 Å². The number of rotatable bonds is 4. The number of halogens is 2. The first-order valence-electron chi connectivity index (χ1n) is 6.28. The fourth-order valence-electron chi connectivity index (χ4n) is 2.65. The molecule has 1 heterocycles. The Bertz CT molecular complexity index is 411. The maximum absolute atomic E-state index is 13.3. The predicted molar refractivity (Wildman–Crippen MR) is 66.6 cm³/mol. The summed E-state index contributed by atoms with van der Waals surface area (Å²) >= 11 is 0. The lowest BCUT2D eigenvalue weighted by Gasteiger charge is -2.16. The third kappa shape index (κ3) is 2.87. The van der Waals surface area contributed by atoms with E-state index in [-0.39, 0.29) is 5.92 Å². The van der Waals surface area contributed by atoms with Crippen LogP contribution in [0.1, 0.15) is 18.4 Å². The van der Waals surface area contributed by atoms with E-state index >= 15 is 0 Å². The van der Waals surface area contributed by atoms with Crippen LogP contribution in [0.15, 0.2) is 18.2 Å². The largest absolute Gasteiger partial charge is 0.383 e. The van der Waals surface area contributed by atoms with Crippen molar-refractivity contribution in [1.82, 2.24) is 4.90 Å². The second-order valence-electron chi connectivity index (χ2n) is 5.01. The smallest absolute Gasteiger partial charge is 0.159 e. The molecule has 100 valence electrons. The predicted octanol–water partition coefficient (Wildman–Crippen LogP) is 2.65. The van der Waals surface area contributed by atoms with Crippen LogP contribution in [-0.4, -0.2) is 38.3 Å². The Hall–Kier alpha value is -1.00. The highest BCUT2D eigenvalue weighted by molar-refractivity contribution is 5.24. The van der Waals surface area contributed by atoms with Crippen LogP contribution in [0.4, 0.5) is 8.78 Å². The van der Waals surface area contributed by atoms with Gasteiger partial charge in [-0.15, -0.1) is 0 Å². The fraction of sp³-hybridized carbons (Fsp3) is 0.571. The Morgan fingerprint density at radius 1 is 1.28 bits per heavy atom. The fourth-order valence-corrected chi connectivity index (χ4v) is 2.65. The lowest BCUT2D eigenvalue weighted by molar-refractivity contribution is 0.159. The summed E-state index contributed by atoms with van der Waals surface area (Å²) in [6.45, 7) is 5.61. The summed E-state index contributed by atoms with van der Waals surface area (Å²) in [4.78, 5) is 2.31. The van der Waals surface area contributed by atoms with Gasteiger partial charge in [0.2, 0.25) is 0 Å². The minimum atomic E-state index is -0.777. The average molecular weight is 255 g/mol. The number of benzene rings is 1. The molecule has 0 saturated carbocycles. The minimum absolute atomic E-state index is 0.275. The van der Waals surface area contributed by atoms with E-state index < -0.39 is 11.6 Å². The van der Waals surface area contributed by atoms with Gasteiger partial charge in [0.15, 0.2) is 11.6 Å². The Balaban J connectivity index is 2.06. The molecule has 0 amide bonds. The van der Waals surface area contributed by atoms with Crippen molar-refractivity contribution in [2.45, 2.75) is 12.8 Å². The average Bonchev–Trinajstić information content (AvgIpc) is 2.71. The van der Waals surface area contributed by atoms with Crippen LogP contribution < -0.4 is 0 Å². The van der Waals surface area contributed by atoms with Crippen LogP contribution in [0, 0.1) is 17.6 Å². The van der Waals surface area contributed by atoms with Gasteiger partial charge in [0.25, 0.3) is 0 Å². The molecule has 2 rings (SSSR count). The summed E-state index contributed by atoms with van der Waals surface area (Å²) in [5.41, 5.74) is 0.890. The van der Waals surface area contributed by atoms with E-state index in [0.29, 0.717) is 12.5 Å². The molecule has 0 aromatic heterocycles. The van der Waals surface area contributed by atoms with Gasteiger partial charge in [-0.25, -0.2) is 8.78 Å². The van der Waals surface area contributed by atoms with Crippen molar-refractivity contribution in [3.8, 4) is 0 Å². The van der Waals surface area contributed by atoms with E-state index in [9.17, 15) is 8.78 Å². The summed E-state index contributed by atoms with van der Waals surface area (Å²) in [5.74, 6) is -0.806. The molecule has 0 radical (unpaired) electrons. The van der Waals surface area contributed by atoms with Crippen molar-refractivity contribution in [3.63, 3.8) is 0 Å². The van der Waals surface area contributed by atoms with Crippen molar-refractivity contribution < 1.29 is 13.5 Å². The van der Waals surface area contributed by atoms with Gasteiger partial charge >= 0.3 is 0 Å². The van der Waals surface area contributed by atoms with Crippen molar-refractivity contribution in [1.29, 1.82) is 0 Å². The van der Waals surface area contributed by atoms with Crippen molar-refractivity contribution >= 4 is 0 Å². The maximum Gasteiger partial charge on any atom is 0.159 e. The molecule has 1 aliphatic rings. The Labute approximate surface area is 107 Å². The Kier molecular flexibility index (Phi) is 4.30. The van der Waals surface area contributed by atoms with E-state index in [1.165, 1.54) is 12.1 Å². The highest BCUT2D eigenvalue weighted by Gasteiger charge is 2.30. The Morgan fingerprint density at radius 2 is 2.06 bits per heavy atom. The molecule has 1 aromatic rings. The molecule has 1 aliphatic heterocycles.